The minimum absolute atomic E-state index is 0.153. The van der Waals surface area contributed by atoms with Gasteiger partial charge < -0.3 is 19.9 Å². The van der Waals surface area contributed by atoms with E-state index < -0.39 is 0 Å². The van der Waals surface area contributed by atoms with Crippen LogP contribution >= 0.6 is 0 Å². The summed E-state index contributed by atoms with van der Waals surface area (Å²) >= 11 is 0. The Bertz CT molecular complexity index is 901. The first-order chi connectivity index (χ1) is 12.7. The molecular weight excluding hydrogens is 330 g/mol. The van der Waals surface area contributed by atoms with Crippen LogP contribution in [0.4, 0.5) is 5.95 Å². The lowest BCUT2D eigenvalue weighted by Gasteiger charge is -2.32. The summed E-state index contributed by atoms with van der Waals surface area (Å²) in [6, 6.07) is 9.69. The molecule has 7 nitrogen and oxygen atoms in total. The summed E-state index contributed by atoms with van der Waals surface area (Å²) < 4.78 is 8.12. The van der Waals surface area contributed by atoms with E-state index in [-0.39, 0.29) is 18.6 Å². The van der Waals surface area contributed by atoms with Gasteiger partial charge in [0.05, 0.1) is 5.52 Å². The number of rotatable bonds is 5. The molecule has 0 atom stereocenters. The van der Waals surface area contributed by atoms with Crippen molar-refractivity contribution in [2.45, 2.75) is 25.5 Å². The predicted molar refractivity (Wildman–Crippen MR) is 99.0 cm³/mol. The highest BCUT2D eigenvalue weighted by Crippen LogP contribution is 2.29. The molecule has 3 aromatic rings. The van der Waals surface area contributed by atoms with E-state index in [1.54, 1.807) is 12.4 Å². The number of hydrogen-bond acceptors (Lipinski definition) is 5. The van der Waals surface area contributed by atoms with Crippen LogP contribution in [0.3, 0.4) is 0 Å². The second-order valence-electron chi connectivity index (χ2n) is 6.45. The topological polar surface area (TPSA) is 86.3 Å². The predicted octanol–water partition coefficient (Wildman–Crippen LogP) is 1.96. The van der Waals surface area contributed by atoms with E-state index in [1.165, 1.54) is 0 Å². The van der Waals surface area contributed by atoms with Crippen LogP contribution in [0.2, 0.25) is 0 Å². The number of carbonyl (C=O) groups is 1. The third-order valence-electron chi connectivity index (χ3n) is 4.67. The number of carbonyl (C=O) groups excluding carboxylic acids is 1. The molecule has 7 heteroatoms. The molecule has 134 valence electrons. The van der Waals surface area contributed by atoms with Crippen molar-refractivity contribution in [3.8, 4) is 5.75 Å². The second kappa shape index (κ2) is 7.03. The molecule has 2 aromatic heterocycles. The summed E-state index contributed by atoms with van der Waals surface area (Å²) in [6.07, 6.45) is 7.38. The fraction of sp³-hybridized carbons (Fsp3) is 0.316. The van der Waals surface area contributed by atoms with Gasteiger partial charge in [-0.2, -0.15) is 0 Å². The van der Waals surface area contributed by atoms with Crippen molar-refractivity contribution < 1.29 is 9.53 Å². The second-order valence-corrected chi connectivity index (χ2v) is 6.45. The van der Waals surface area contributed by atoms with Crippen molar-refractivity contribution in [1.82, 2.24) is 14.5 Å². The molecule has 1 saturated heterocycles. The number of fused-ring (bicyclic) bond motifs is 1. The van der Waals surface area contributed by atoms with Crippen LogP contribution < -0.4 is 15.4 Å². The minimum Gasteiger partial charge on any atom is -0.490 e. The van der Waals surface area contributed by atoms with Crippen LogP contribution in [0.1, 0.15) is 12.8 Å². The van der Waals surface area contributed by atoms with Gasteiger partial charge in [0.25, 0.3) is 0 Å². The maximum atomic E-state index is 11.2. The Kier molecular flexibility index (Phi) is 4.43. The Labute approximate surface area is 151 Å². The first-order valence-electron chi connectivity index (χ1n) is 8.75. The molecule has 1 amide bonds. The number of primary amides is 1. The number of nitrogens with two attached hydrogens (primary N) is 1. The molecule has 1 aliphatic rings. The van der Waals surface area contributed by atoms with Crippen molar-refractivity contribution in [3.63, 3.8) is 0 Å². The third-order valence-corrected chi connectivity index (χ3v) is 4.67. The molecule has 3 heterocycles. The summed E-state index contributed by atoms with van der Waals surface area (Å²) in [5.41, 5.74) is 6.27. The fourth-order valence-electron chi connectivity index (χ4n) is 3.41. The summed E-state index contributed by atoms with van der Waals surface area (Å²) in [7, 11) is 0. The van der Waals surface area contributed by atoms with E-state index in [0.717, 1.165) is 48.5 Å². The highest BCUT2D eigenvalue weighted by atomic mass is 16.5. The molecule has 0 aliphatic carbocycles. The molecule has 0 bridgehead atoms. The maximum absolute atomic E-state index is 11.2. The van der Waals surface area contributed by atoms with Gasteiger partial charge in [-0.05, 0) is 24.3 Å². The fourth-order valence-corrected chi connectivity index (χ4v) is 3.41. The number of anilines is 1. The lowest BCUT2D eigenvalue weighted by molar-refractivity contribution is -0.118. The number of aromatic nitrogens is 3. The van der Waals surface area contributed by atoms with Crippen LogP contribution in [0.5, 0.6) is 5.75 Å². The molecule has 26 heavy (non-hydrogen) atoms. The first-order valence-corrected chi connectivity index (χ1v) is 8.75. The molecular formula is C19H21N5O2. The zero-order valence-electron chi connectivity index (χ0n) is 14.4. The Balaban J connectivity index is 1.45. The maximum Gasteiger partial charge on any atom is 0.237 e. The van der Waals surface area contributed by atoms with Crippen LogP contribution in [0, 0.1) is 0 Å². The molecule has 0 saturated carbocycles. The monoisotopic (exact) mass is 351 g/mol. The number of hydrogen-bond donors (Lipinski definition) is 1. The molecule has 0 radical (unpaired) electrons. The van der Waals surface area contributed by atoms with Crippen molar-refractivity contribution in [2.24, 2.45) is 5.73 Å². The number of piperidine rings is 1. The van der Waals surface area contributed by atoms with E-state index in [2.05, 4.69) is 14.9 Å². The van der Waals surface area contributed by atoms with E-state index >= 15 is 0 Å². The van der Waals surface area contributed by atoms with Crippen LogP contribution in [0.15, 0.2) is 48.9 Å². The van der Waals surface area contributed by atoms with Crippen LogP contribution in [-0.4, -0.2) is 39.6 Å². The van der Waals surface area contributed by atoms with Crippen molar-refractivity contribution in [3.05, 3.63) is 48.9 Å². The Morgan fingerprint density at radius 3 is 2.65 bits per heavy atom. The number of amides is 1. The van der Waals surface area contributed by atoms with Crippen LogP contribution in [-0.2, 0) is 11.3 Å². The Hall–Kier alpha value is -3.09. The highest BCUT2D eigenvalue weighted by Gasteiger charge is 2.22. The SMILES string of the molecule is NC(=O)Cn1ccc2c(OC3CCN(c4ncccn4)CC3)cccc21. The van der Waals surface area contributed by atoms with E-state index in [0.29, 0.717) is 0 Å². The van der Waals surface area contributed by atoms with Crippen molar-refractivity contribution in [1.29, 1.82) is 0 Å². The standard InChI is InChI=1S/C19H21N5O2/c20-18(25)13-24-12-7-15-16(24)3-1-4-17(15)26-14-5-10-23(11-6-14)19-21-8-2-9-22-19/h1-4,7-9,12,14H,5-6,10-11,13H2,(H2,20,25). The lowest BCUT2D eigenvalue weighted by Crippen LogP contribution is -2.39. The number of nitrogens with zero attached hydrogens (tertiary/aromatic N) is 4. The zero-order valence-corrected chi connectivity index (χ0v) is 14.4. The first kappa shape index (κ1) is 16.4. The van der Waals surface area contributed by atoms with Gasteiger partial charge in [0.15, 0.2) is 0 Å². The van der Waals surface area contributed by atoms with Gasteiger partial charge in [-0.1, -0.05) is 6.07 Å². The average Bonchev–Trinajstić information content (AvgIpc) is 3.06. The summed E-state index contributed by atoms with van der Waals surface area (Å²) in [6.45, 7) is 1.91. The van der Waals surface area contributed by atoms with Crippen molar-refractivity contribution in [2.75, 3.05) is 18.0 Å². The zero-order chi connectivity index (χ0) is 17.9. The van der Waals surface area contributed by atoms with Gasteiger partial charge in [0.1, 0.15) is 18.4 Å². The lowest BCUT2D eigenvalue weighted by atomic mass is 10.1. The van der Waals surface area contributed by atoms with Gasteiger partial charge >= 0.3 is 0 Å². The van der Waals surface area contributed by atoms with Gasteiger partial charge in [0, 0.05) is 49.9 Å². The highest BCUT2D eigenvalue weighted by molar-refractivity contribution is 5.87. The smallest absolute Gasteiger partial charge is 0.237 e. The van der Waals surface area contributed by atoms with Gasteiger partial charge in [-0.3, -0.25) is 4.79 Å². The summed E-state index contributed by atoms with van der Waals surface area (Å²) in [5.74, 6) is 1.26. The van der Waals surface area contributed by atoms with E-state index in [9.17, 15) is 4.79 Å². The minimum atomic E-state index is -0.357. The van der Waals surface area contributed by atoms with Gasteiger partial charge in [-0.15, -0.1) is 0 Å². The third kappa shape index (κ3) is 3.33. The molecule has 4 rings (SSSR count). The van der Waals surface area contributed by atoms with Gasteiger partial charge in [-0.25, -0.2) is 9.97 Å². The Morgan fingerprint density at radius 2 is 1.92 bits per heavy atom. The molecule has 0 unspecified atom stereocenters. The van der Waals surface area contributed by atoms with E-state index in [4.69, 9.17) is 10.5 Å². The molecule has 1 fully saturated rings. The summed E-state index contributed by atoms with van der Waals surface area (Å²) in [4.78, 5) is 22.0. The van der Waals surface area contributed by atoms with Gasteiger partial charge in [0.2, 0.25) is 11.9 Å². The largest absolute Gasteiger partial charge is 0.490 e. The average molecular weight is 351 g/mol. The normalized spacial score (nSPS) is 15.3. The quantitative estimate of drug-likeness (QED) is 0.759. The number of benzene rings is 1. The Morgan fingerprint density at radius 1 is 1.15 bits per heavy atom. The molecule has 0 spiro atoms. The molecule has 1 aromatic carbocycles. The molecule has 1 aliphatic heterocycles. The summed E-state index contributed by atoms with van der Waals surface area (Å²) in [5, 5.41) is 1.00. The van der Waals surface area contributed by atoms with Crippen molar-refractivity contribution >= 4 is 22.8 Å². The van der Waals surface area contributed by atoms with E-state index in [1.807, 2.05) is 41.1 Å². The van der Waals surface area contributed by atoms with Crippen LogP contribution in [0.25, 0.3) is 10.9 Å². The molecule has 2 N–H and O–H groups in total. The number of ether oxygens (including phenoxy) is 1.